The maximum atomic E-state index is 9.75. The van der Waals surface area contributed by atoms with E-state index in [2.05, 4.69) is 78.6 Å². The number of aromatic nitrogens is 2. The van der Waals surface area contributed by atoms with Gasteiger partial charge < -0.3 is 41.2 Å². The Hall–Kier alpha value is -1.94. The number of halogens is 6. The number of aryl methyl sites for hydroxylation is 3. The molecule has 0 aliphatic carbocycles. The van der Waals surface area contributed by atoms with Crippen molar-refractivity contribution in [3.05, 3.63) is 83.6 Å². The molecule has 4 aromatic rings. The van der Waals surface area contributed by atoms with Crippen molar-refractivity contribution >= 4 is 40.7 Å². The van der Waals surface area contributed by atoms with Crippen LogP contribution in [0.2, 0.25) is 5.15 Å². The van der Waals surface area contributed by atoms with E-state index in [9.17, 15) is 17.3 Å². The summed E-state index contributed by atoms with van der Waals surface area (Å²) in [6, 6.07) is 22.9. The molecule has 0 spiro atoms. The molecule has 0 aliphatic heterocycles. The number of para-hydroxylation sites is 2. The molecule has 2 nitrogen and oxygen atoms in total. The van der Waals surface area contributed by atoms with Crippen LogP contribution < -0.4 is 33.1 Å². The van der Waals surface area contributed by atoms with Crippen LogP contribution in [-0.4, -0.2) is 7.25 Å². The number of fused-ring (bicyclic) bond motifs is 2. The molecule has 9 heteroatoms. The summed E-state index contributed by atoms with van der Waals surface area (Å²) in [5, 5.41) is 3.38. The molecule has 2 heterocycles. The average molecular weight is 579 g/mol. The summed E-state index contributed by atoms with van der Waals surface area (Å²) in [6.45, 7) is 8.35. The SMILES string of the molecule is CC[n+]1c(Cl)ccc2ccccc21.CC[n+]1ccc(C)c2ccccc21.F[B-](F)(F)F.[I-]. The van der Waals surface area contributed by atoms with Gasteiger partial charge in [-0.05, 0) is 56.1 Å². The fraction of sp³-hybridized carbons (Fsp3) is 0.217. The molecule has 0 aliphatic rings. The van der Waals surface area contributed by atoms with Gasteiger partial charge >= 0.3 is 7.25 Å². The van der Waals surface area contributed by atoms with Gasteiger partial charge in [-0.15, -0.1) is 0 Å². The van der Waals surface area contributed by atoms with Crippen LogP contribution in [0.1, 0.15) is 19.4 Å². The second-order valence-electron chi connectivity index (χ2n) is 6.76. The van der Waals surface area contributed by atoms with E-state index in [1.54, 1.807) is 0 Å². The van der Waals surface area contributed by atoms with Gasteiger partial charge in [0.2, 0.25) is 11.0 Å². The first-order valence-corrected chi connectivity index (χ1v) is 10.4. The van der Waals surface area contributed by atoms with Crippen LogP contribution in [0.3, 0.4) is 0 Å². The number of hydrogen-bond acceptors (Lipinski definition) is 0. The smallest absolute Gasteiger partial charge is 0.673 e. The van der Waals surface area contributed by atoms with Crippen LogP contribution in [0, 0.1) is 6.92 Å². The first-order valence-electron chi connectivity index (χ1n) is 9.97. The van der Waals surface area contributed by atoms with E-state index in [0.29, 0.717) is 0 Å². The van der Waals surface area contributed by atoms with Gasteiger partial charge in [-0.25, -0.2) is 0 Å². The van der Waals surface area contributed by atoms with Gasteiger partial charge in [0.1, 0.15) is 13.1 Å². The zero-order chi connectivity index (χ0) is 23.0. The van der Waals surface area contributed by atoms with Gasteiger partial charge in [0, 0.05) is 35.0 Å². The Morgan fingerprint density at radius 2 is 1.34 bits per heavy atom. The third-order valence-corrected chi connectivity index (χ3v) is 5.02. The Morgan fingerprint density at radius 1 is 0.781 bits per heavy atom. The monoisotopic (exact) mass is 578 g/mol. The van der Waals surface area contributed by atoms with Gasteiger partial charge in [-0.1, -0.05) is 24.3 Å². The molecular weight excluding hydrogens is 553 g/mol. The second kappa shape index (κ2) is 12.9. The van der Waals surface area contributed by atoms with Crippen LogP contribution in [0.4, 0.5) is 17.3 Å². The predicted octanol–water partition coefficient (Wildman–Crippen LogP) is 3.56. The number of rotatable bonds is 2. The van der Waals surface area contributed by atoms with Crippen molar-refractivity contribution in [2.75, 3.05) is 0 Å². The summed E-state index contributed by atoms with van der Waals surface area (Å²) in [5.74, 6) is 0. The average Bonchev–Trinajstić information content (AvgIpc) is 2.73. The van der Waals surface area contributed by atoms with Gasteiger partial charge in [-0.2, -0.15) is 9.13 Å². The number of pyridine rings is 2. The molecule has 0 saturated carbocycles. The van der Waals surface area contributed by atoms with Gasteiger partial charge in [0.15, 0.2) is 6.20 Å². The fourth-order valence-electron chi connectivity index (χ4n) is 3.26. The van der Waals surface area contributed by atoms with Crippen molar-refractivity contribution in [3.8, 4) is 0 Å². The highest BCUT2D eigenvalue weighted by molar-refractivity contribution is 6.50. The highest BCUT2D eigenvalue weighted by Crippen LogP contribution is 2.14. The third-order valence-electron chi connectivity index (χ3n) is 4.69. The quantitative estimate of drug-likeness (QED) is 0.113. The van der Waals surface area contributed by atoms with Crippen LogP contribution in [0.15, 0.2) is 72.9 Å². The minimum absolute atomic E-state index is 0. The van der Waals surface area contributed by atoms with Gasteiger partial charge in [0.25, 0.3) is 5.15 Å². The summed E-state index contributed by atoms with van der Waals surface area (Å²) in [4.78, 5) is 0. The number of hydrogen-bond donors (Lipinski definition) is 0. The maximum Gasteiger partial charge on any atom is 0.673 e. The van der Waals surface area contributed by atoms with E-state index >= 15 is 0 Å². The Balaban J connectivity index is 0.000000259. The largest absolute Gasteiger partial charge is 1.00 e. The summed E-state index contributed by atoms with van der Waals surface area (Å²) >= 11 is 6.07. The van der Waals surface area contributed by atoms with E-state index in [1.165, 1.54) is 27.4 Å². The lowest BCUT2D eigenvalue weighted by Crippen LogP contribution is -3.00. The topological polar surface area (TPSA) is 7.76 Å². The lowest BCUT2D eigenvalue weighted by molar-refractivity contribution is -0.667. The van der Waals surface area contributed by atoms with Crippen molar-refractivity contribution in [1.82, 2.24) is 0 Å². The lowest BCUT2D eigenvalue weighted by atomic mass is 10.1. The number of benzene rings is 2. The maximum absolute atomic E-state index is 9.75. The molecule has 2 aromatic heterocycles. The highest BCUT2D eigenvalue weighted by atomic mass is 127. The fourth-order valence-corrected chi connectivity index (χ4v) is 3.54. The van der Waals surface area contributed by atoms with E-state index < -0.39 is 7.25 Å². The molecule has 0 saturated heterocycles. The molecule has 0 amide bonds. The van der Waals surface area contributed by atoms with Crippen molar-refractivity contribution < 1.29 is 50.4 Å². The Morgan fingerprint density at radius 3 is 1.94 bits per heavy atom. The van der Waals surface area contributed by atoms with Crippen molar-refractivity contribution in [2.24, 2.45) is 0 Å². The Bertz CT molecular complexity index is 1140. The molecule has 0 radical (unpaired) electrons. The Kier molecular flexibility index (Phi) is 11.4. The molecular formula is C23H25BClF4IN2. The minimum Gasteiger partial charge on any atom is -1.00 e. The van der Waals surface area contributed by atoms with Crippen molar-refractivity contribution in [3.63, 3.8) is 0 Å². The van der Waals surface area contributed by atoms with E-state index in [-0.39, 0.29) is 24.0 Å². The van der Waals surface area contributed by atoms with Crippen LogP contribution in [-0.2, 0) is 13.1 Å². The highest BCUT2D eigenvalue weighted by Gasteiger charge is 2.20. The zero-order valence-corrected chi connectivity index (χ0v) is 21.0. The Labute approximate surface area is 208 Å². The molecule has 4 rings (SSSR count). The molecule has 0 bridgehead atoms. The normalized spacial score (nSPS) is 10.5. The first kappa shape index (κ1) is 28.1. The molecule has 32 heavy (non-hydrogen) atoms. The standard InChI is InChI=1S/C12H14N.C11H11ClN.BF4.HI/c1-3-13-9-8-10(2)11-6-4-5-7-12(11)13;1-2-13-10-6-4-3-5-9(10)7-8-11(13)12;2-1(3,4)5;/h4-9H,3H2,1-2H3;3-8H,2H2,1H3;;1H/q2*+1;-1;/p-1. The summed E-state index contributed by atoms with van der Waals surface area (Å²) in [7, 11) is -6.00. The van der Waals surface area contributed by atoms with E-state index in [4.69, 9.17) is 11.6 Å². The molecule has 172 valence electrons. The van der Waals surface area contributed by atoms with Crippen molar-refractivity contribution in [2.45, 2.75) is 33.9 Å². The third kappa shape index (κ3) is 8.20. The zero-order valence-electron chi connectivity index (χ0n) is 18.1. The molecule has 0 fully saturated rings. The molecule has 0 unspecified atom stereocenters. The lowest BCUT2D eigenvalue weighted by Gasteiger charge is -2.00. The molecule has 2 aromatic carbocycles. The summed E-state index contributed by atoms with van der Waals surface area (Å²) in [6.07, 6.45) is 2.15. The predicted molar refractivity (Wildman–Crippen MR) is 120 cm³/mol. The van der Waals surface area contributed by atoms with Crippen LogP contribution in [0.5, 0.6) is 0 Å². The summed E-state index contributed by atoms with van der Waals surface area (Å²) < 4.78 is 43.4. The van der Waals surface area contributed by atoms with Crippen LogP contribution >= 0.6 is 11.6 Å². The first-order chi connectivity index (χ1) is 14.7. The van der Waals surface area contributed by atoms with Gasteiger partial charge in [0.05, 0.1) is 0 Å². The van der Waals surface area contributed by atoms with Crippen molar-refractivity contribution in [1.29, 1.82) is 0 Å². The molecule has 0 atom stereocenters. The minimum atomic E-state index is -6.00. The van der Waals surface area contributed by atoms with Crippen LogP contribution in [0.25, 0.3) is 21.8 Å². The number of nitrogens with zero attached hydrogens (tertiary/aromatic N) is 2. The van der Waals surface area contributed by atoms with E-state index in [1.807, 2.05) is 24.3 Å². The molecule has 0 N–H and O–H groups in total. The van der Waals surface area contributed by atoms with Gasteiger partial charge in [-0.3, -0.25) is 0 Å². The second-order valence-corrected chi connectivity index (χ2v) is 7.14. The van der Waals surface area contributed by atoms with E-state index in [0.717, 1.165) is 18.2 Å². The summed E-state index contributed by atoms with van der Waals surface area (Å²) in [5.41, 5.74) is 3.86.